The van der Waals surface area contributed by atoms with Crippen LogP contribution in [0.25, 0.3) is 0 Å². The molecule has 0 spiro atoms. The lowest BCUT2D eigenvalue weighted by atomic mass is 10.1. The van der Waals surface area contributed by atoms with Crippen LogP contribution in [-0.2, 0) is 19.1 Å². The minimum absolute atomic E-state index is 0.516. The van der Waals surface area contributed by atoms with Crippen LogP contribution >= 0.6 is 0 Å². The van der Waals surface area contributed by atoms with E-state index < -0.39 is 23.9 Å². The molecule has 0 saturated heterocycles. The van der Waals surface area contributed by atoms with Gasteiger partial charge in [-0.1, -0.05) is 0 Å². The summed E-state index contributed by atoms with van der Waals surface area (Å²) in [5.74, 6) is -2.31. The Morgan fingerprint density at radius 3 is 2.05 bits per heavy atom. The first-order chi connectivity index (χ1) is 9.11. The van der Waals surface area contributed by atoms with Crippen LogP contribution < -0.4 is 10.8 Å². The molecule has 1 aliphatic heterocycles. The van der Waals surface area contributed by atoms with E-state index in [1.165, 1.54) is 0 Å². The van der Waals surface area contributed by atoms with E-state index in [-0.39, 0.29) is 0 Å². The van der Waals surface area contributed by atoms with Gasteiger partial charge in [0.25, 0.3) is 0 Å². The van der Waals surface area contributed by atoms with Gasteiger partial charge in [0.15, 0.2) is 0 Å². The number of esters is 2. The highest BCUT2D eigenvalue weighted by atomic mass is 16.6. The van der Waals surface area contributed by atoms with Crippen molar-refractivity contribution in [3.05, 3.63) is 12.2 Å². The van der Waals surface area contributed by atoms with Gasteiger partial charge in [-0.15, -0.1) is 0 Å². The SMILES string of the molecule is C[N+](C)(C)CCCC[C@H](N)C(=O)[O-].O=C1C=CC(=O)O1. The summed E-state index contributed by atoms with van der Waals surface area (Å²) in [5, 5.41) is 10.3. The molecule has 0 amide bonds. The Morgan fingerprint density at radius 1 is 1.25 bits per heavy atom. The first kappa shape index (κ1) is 18.3. The van der Waals surface area contributed by atoms with Crippen LogP contribution in [0, 0.1) is 0 Å². The third-order valence-corrected chi connectivity index (χ3v) is 2.45. The number of aliphatic carboxylic acids is 1. The molecule has 1 atom stereocenters. The minimum atomic E-state index is -1.15. The number of hydrogen-bond acceptors (Lipinski definition) is 6. The second kappa shape index (κ2) is 8.44. The van der Waals surface area contributed by atoms with Gasteiger partial charge in [-0.2, -0.15) is 0 Å². The predicted octanol–water partition coefficient (Wildman–Crippen LogP) is -1.43. The van der Waals surface area contributed by atoms with Gasteiger partial charge in [0, 0.05) is 18.2 Å². The highest BCUT2D eigenvalue weighted by Crippen LogP contribution is 2.02. The molecule has 0 aromatic rings. The van der Waals surface area contributed by atoms with Crippen molar-refractivity contribution in [2.45, 2.75) is 25.3 Å². The first-order valence-corrected chi connectivity index (χ1v) is 6.32. The molecule has 114 valence electrons. The van der Waals surface area contributed by atoms with E-state index >= 15 is 0 Å². The molecular formula is C13H22N2O5. The van der Waals surface area contributed by atoms with E-state index in [2.05, 4.69) is 25.9 Å². The van der Waals surface area contributed by atoms with E-state index in [0.717, 1.165) is 36.0 Å². The molecular weight excluding hydrogens is 264 g/mol. The fourth-order valence-corrected chi connectivity index (χ4v) is 1.37. The van der Waals surface area contributed by atoms with E-state index in [1.807, 2.05) is 0 Å². The molecule has 0 radical (unpaired) electrons. The van der Waals surface area contributed by atoms with Crippen LogP contribution in [0.15, 0.2) is 12.2 Å². The zero-order valence-corrected chi connectivity index (χ0v) is 12.1. The quantitative estimate of drug-likeness (QED) is 0.277. The zero-order valence-electron chi connectivity index (χ0n) is 12.1. The number of unbranched alkanes of at least 4 members (excludes halogenated alkanes) is 1. The van der Waals surface area contributed by atoms with E-state index in [1.54, 1.807) is 0 Å². The minimum Gasteiger partial charge on any atom is -0.548 e. The van der Waals surface area contributed by atoms with Crippen molar-refractivity contribution in [3.8, 4) is 0 Å². The van der Waals surface area contributed by atoms with Gasteiger partial charge in [-0.3, -0.25) is 0 Å². The second-order valence-corrected chi connectivity index (χ2v) is 5.51. The Balaban J connectivity index is 0.000000428. The lowest BCUT2D eigenvalue weighted by Gasteiger charge is -2.24. The number of carboxylic acid groups (broad SMARTS) is 1. The average molecular weight is 286 g/mol. The molecule has 20 heavy (non-hydrogen) atoms. The fourth-order valence-electron chi connectivity index (χ4n) is 1.37. The number of hydrogen-bond donors (Lipinski definition) is 1. The Morgan fingerprint density at radius 2 is 1.75 bits per heavy atom. The number of carbonyl (C=O) groups excluding carboxylic acids is 3. The summed E-state index contributed by atoms with van der Waals surface area (Å²) in [6, 6.07) is -0.799. The van der Waals surface area contributed by atoms with Crippen LogP contribution in [0.3, 0.4) is 0 Å². The van der Waals surface area contributed by atoms with Crippen molar-refractivity contribution in [3.63, 3.8) is 0 Å². The van der Waals surface area contributed by atoms with Crippen LogP contribution in [0.4, 0.5) is 0 Å². The Labute approximate surface area is 118 Å². The smallest absolute Gasteiger partial charge is 0.338 e. The summed E-state index contributed by atoms with van der Waals surface area (Å²) >= 11 is 0. The summed E-state index contributed by atoms with van der Waals surface area (Å²) in [5.41, 5.74) is 5.30. The highest BCUT2D eigenvalue weighted by molar-refractivity contribution is 6.04. The number of nitrogens with zero attached hydrogens (tertiary/aromatic N) is 1. The third kappa shape index (κ3) is 10.2. The maximum Gasteiger partial charge on any atom is 0.338 e. The maximum absolute atomic E-state index is 10.3. The zero-order chi connectivity index (χ0) is 15.8. The molecule has 7 heteroatoms. The summed E-state index contributed by atoms with van der Waals surface area (Å²) in [7, 11) is 6.33. The topological polar surface area (TPSA) is 110 Å². The van der Waals surface area contributed by atoms with Gasteiger partial charge < -0.3 is 24.9 Å². The van der Waals surface area contributed by atoms with Crippen LogP contribution in [0.1, 0.15) is 19.3 Å². The molecule has 0 unspecified atom stereocenters. The van der Waals surface area contributed by atoms with Gasteiger partial charge in [0.2, 0.25) is 0 Å². The largest absolute Gasteiger partial charge is 0.548 e. The molecule has 1 rings (SSSR count). The lowest BCUT2D eigenvalue weighted by Crippen LogP contribution is -2.42. The molecule has 0 saturated carbocycles. The van der Waals surface area contributed by atoms with Gasteiger partial charge in [0.1, 0.15) is 0 Å². The predicted molar refractivity (Wildman–Crippen MR) is 70.0 cm³/mol. The summed E-state index contributed by atoms with van der Waals surface area (Å²) in [6.07, 6.45) is 4.54. The Kier molecular flexibility index (Phi) is 7.71. The summed E-state index contributed by atoms with van der Waals surface area (Å²) < 4.78 is 4.88. The summed E-state index contributed by atoms with van der Waals surface area (Å²) in [6.45, 7) is 1.04. The van der Waals surface area contributed by atoms with E-state index in [0.29, 0.717) is 6.42 Å². The van der Waals surface area contributed by atoms with Crippen molar-refractivity contribution in [2.24, 2.45) is 5.73 Å². The summed E-state index contributed by atoms with van der Waals surface area (Å²) in [4.78, 5) is 30.1. The number of carbonyl (C=O) groups is 3. The number of cyclic esters (lactones) is 2. The number of carboxylic acids is 1. The molecule has 1 heterocycles. The van der Waals surface area contributed by atoms with Crippen molar-refractivity contribution in [2.75, 3.05) is 27.7 Å². The molecule has 0 aromatic heterocycles. The highest BCUT2D eigenvalue weighted by Gasteiger charge is 2.10. The average Bonchev–Trinajstić information content (AvgIpc) is 2.67. The van der Waals surface area contributed by atoms with Crippen LogP contribution in [0.5, 0.6) is 0 Å². The third-order valence-electron chi connectivity index (χ3n) is 2.45. The van der Waals surface area contributed by atoms with Gasteiger partial charge in [-0.05, 0) is 19.3 Å². The lowest BCUT2D eigenvalue weighted by molar-refractivity contribution is -0.870. The van der Waals surface area contributed by atoms with E-state index in [9.17, 15) is 19.5 Å². The molecule has 0 bridgehead atoms. The molecule has 0 aliphatic carbocycles. The number of nitrogens with two attached hydrogens (primary N) is 1. The normalized spacial score (nSPS) is 15.4. The Hall–Kier alpha value is -1.73. The van der Waals surface area contributed by atoms with Crippen molar-refractivity contribution in [1.82, 2.24) is 0 Å². The standard InChI is InChI=1S/C9H20N2O2.C4H2O3/c1-11(2,3)7-5-4-6-8(10)9(12)13;5-3-1-2-4(6)7-3/h8H,4-7,10H2,1-3H3;1-2H/t8-;/m0./s1. The molecule has 2 N–H and O–H groups in total. The number of quaternary nitrogens is 1. The number of ether oxygens (including phenoxy) is 1. The van der Waals surface area contributed by atoms with Crippen molar-refractivity contribution >= 4 is 17.9 Å². The fraction of sp³-hybridized carbons (Fsp3) is 0.615. The van der Waals surface area contributed by atoms with Crippen LogP contribution in [-0.4, -0.2) is 56.1 Å². The second-order valence-electron chi connectivity index (χ2n) is 5.51. The van der Waals surface area contributed by atoms with Crippen molar-refractivity contribution in [1.29, 1.82) is 0 Å². The van der Waals surface area contributed by atoms with Crippen molar-refractivity contribution < 1.29 is 28.7 Å². The Bertz CT molecular complexity index is 369. The van der Waals surface area contributed by atoms with Gasteiger partial charge in [-0.25, -0.2) is 9.59 Å². The molecule has 7 nitrogen and oxygen atoms in total. The first-order valence-electron chi connectivity index (χ1n) is 6.32. The van der Waals surface area contributed by atoms with Crippen LogP contribution in [0.2, 0.25) is 0 Å². The van der Waals surface area contributed by atoms with Gasteiger partial charge >= 0.3 is 11.9 Å². The molecule has 1 aliphatic rings. The van der Waals surface area contributed by atoms with E-state index in [4.69, 9.17) is 5.73 Å². The molecule has 0 aromatic carbocycles. The monoisotopic (exact) mass is 286 g/mol. The van der Waals surface area contributed by atoms with Gasteiger partial charge in [0.05, 0.1) is 33.7 Å². The molecule has 0 fully saturated rings. The maximum atomic E-state index is 10.3. The number of rotatable bonds is 6.